The molecule has 1 aliphatic heterocycles. The molecule has 0 spiro atoms. The lowest BCUT2D eigenvalue weighted by molar-refractivity contribution is -0.248. The van der Waals surface area contributed by atoms with Crippen LogP contribution in [0.25, 0.3) is 0 Å². The van der Waals surface area contributed by atoms with Gasteiger partial charge in [0.05, 0.1) is 12.7 Å². The third-order valence-corrected chi connectivity index (χ3v) is 5.56. The van der Waals surface area contributed by atoms with E-state index in [4.69, 9.17) is 9.47 Å². The van der Waals surface area contributed by atoms with Crippen LogP contribution in [0.4, 0.5) is 0 Å². The van der Waals surface area contributed by atoms with Gasteiger partial charge in [-0.2, -0.15) is 0 Å². The average Bonchev–Trinajstić information content (AvgIpc) is 2.79. The van der Waals surface area contributed by atoms with Gasteiger partial charge in [0.1, 0.15) is 17.8 Å². The molecular weight excluding hydrogens is 380 g/mol. The smallest absolute Gasteiger partial charge is 0.157 e. The Morgan fingerprint density at radius 1 is 0.733 bits per heavy atom. The number of benzene rings is 3. The zero-order valence-electron chi connectivity index (χ0n) is 16.5. The van der Waals surface area contributed by atoms with Gasteiger partial charge in [0, 0.05) is 6.42 Å². The van der Waals surface area contributed by atoms with Gasteiger partial charge in [-0.25, -0.2) is 0 Å². The van der Waals surface area contributed by atoms with Gasteiger partial charge in [0.25, 0.3) is 0 Å². The summed E-state index contributed by atoms with van der Waals surface area (Å²) in [7, 11) is 0. The average molecular weight is 406 g/mol. The lowest BCUT2D eigenvalue weighted by atomic mass is 9.80. The molecule has 3 aromatic carbocycles. The Kier molecular flexibility index (Phi) is 6.27. The Morgan fingerprint density at radius 2 is 1.17 bits per heavy atom. The molecule has 1 saturated heterocycles. The van der Waals surface area contributed by atoms with E-state index >= 15 is 0 Å². The lowest BCUT2D eigenvalue weighted by Gasteiger charge is -2.40. The normalized spacial score (nSPS) is 24.5. The summed E-state index contributed by atoms with van der Waals surface area (Å²) < 4.78 is 12.1. The number of hydrogen-bond acceptors (Lipinski definition) is 5. The molecule has 0 radical (unpaired) electrons. The third kappa shape index (κ3) is 4.03. The first-order chi connectivity index (χ1) is 14.6. The fourth-order valence-corrected chi connectivity index (χ4v) is 4.05. The van der Waals surface area contributed by atoms with Crippen molar-refractivity contribution in [3.63, 3.8) is 0 Å². The molecule has 30 heavy (non-hydrogen) atoms. The summed E-state index contributed by atoms with van der Waals surface area (Å²) in [6, 6.07) is 29.6. The first-order valence-electron chi connectivity index (χ1n) is 10.1. The van der Waals surface area contributed by atoms with Gasteiger partial charge in [-0.15, -0.1) is 0 Å². The standard InChI is InChI=1S/C25H26O5/c26-21-16-23(27)30-22(24(21)28)17-29-25(18-10-4-1-5-11-18,19-12-6-2-7-13-19)20-14-8-3-9-15-20/h1-15,21-24,26-28H,16-17H2/t21-,22-,23+,24+/m1/s1. The molecule has 0 amide bonds. The molecule has 4 atom stereocenters. The minimum absolute atomic E-state index is 0.0199. The second kappa shape index (κ2) is 9.08. The van der Waals surface area contributed by atoms with Crippen molar-refractivity contribution in [1.29, 1.82) is 0 Å². The SMILES string of the molecule is O[C@H]1[C@H](O)C[C@@H](O)O[C@@H]1COC(c1ccccc1)(c1ccccc1)c1ccccc1. The highest BCUT2D eigenvalue weighted by molar-refractivity contribution is 5.47. The van der Waals surface area contributed by atoms with E-state index in [2.05, 4.69) is 0 Å². The molecule has 1 aliphatic rings. The maximum Gasteiger partial charge on any atom is 0.157 e. The van der Waals surface area contributed by atoms with E-state index in [1.165, 1.54) is 0 Å². The minimum Gasteiger partial charge on any atom is -0.390 e. The molecular formula is C25H26O5. The highest BCUT2D eigenvalue weighted by atomic mass is 16.6. The Labute approximate surface area is 176 Å². The lowest BCUT2D eigenvalue weighted by Crippen LogP contribution is -2.51. The summed E-state index contributed by atoms with van der Waals surface area (Å²) >= 11 is 0. The predicted molar refractivity (Wildman–Crippen MR) is 113 cm³/mol. The van der Waals surface area contributed by atoms with Crippen LogP contribution in [0.3, 0.4) is 0 Å². The van der Waals surface area contributed by atoms with Crippen LogP contribution < -0.4 is 0 Å². The highest BCUT2D eigenvalue weighted by Crippen LogP contribution is 2.41. The molecule has 0 unspecified atom stereocenters. The van der Waals surface area contributed by atoms with E-state index in [1.807, 2.05) is 91.0 Å². The quantitative estimate of drug-likeness (QED) is 0.549. The van der Waals surface area contributed by atoms with Gasteiger partial charge in [-0.3, -0.25) is 0 Å². The van der Waals surface area contributed by atoms with E-state index in [0.717, 1.165) is 16.7 Å². The molecule has 0 aliphatic carbocycles. The topological polar surface area (TPSA) is 79.2 Å². The Hall–Kier alpha value is -2.54. The Balaban J connectivity index is 1.79. The summed E-state index contributed by atoms with van der Waals surface area (Å²) in [5, 5.41) is 30.4. The molecule has 4 rings (SSSR count). The number of hydrogen-bond donors (Lipinski definition) is 3. The van der Waals surface area contributed by atoms with Crippen LogP contribution in [-0.2, 0) is 15.1 Å². The van der Waals surface area contributed by atoms with Crippen LogP contribution in [0, 0.1) is 0 Å². The Bertz CT molecular complexity index is 819. The number of aliphatic hydroxyl groups excluding tert-OH is 3. The third-order valence-electron chi connectivity index (χ3n) is 5.56. The summed E-state index contributed by atoms with van der Waals surface area (Å²) in [6.45, 7) is -0.0199. The molecule has 1 heterocycles. The zero-order chi connectivity index (χ0) is 21.0. The van der Waals surface area contributed by atoms with Crippen LogP contribution in [-0.4, -0.2) is 46.5 Å². The van der Waals surface area contributed by atoms with E-state index in [9.17, 15) is 15.3 Å². The van der Waals surface area contributed by atoms with Crippen molar-refractivity contribution < 1.29 is 24.8 Å². The Morgan fingerprint density at radius 3 is 1.60 bits per heavy atom. The van der Waals surface area contributed by atoms with E-state index in [1.54, 1.807) is 0 Å². The largest absolute Gasteiger partial charge is 0.390 e. The number of ether oxygens (including phenoxy) is 2. The van der Waals surface area contributed by atoms with E-state index in [0.29, 0.717) is 0 Å². The molecule has 0 saturated carbocycles. The van der Waals surface area contributed by atoms with Crippen molar-refractivity contribution in [2.45, 2.75) is 36.6 Å². The van der Waals surface area contributed by atoms with Crippen LogP contribution in [0.1, 0.15) is 23.1 Å². The van der Waals surface area contributed by atoms with Gasteiger partial charge in [0.2, 0.25) is 0 Å². The fourth-order valence-electron chi connectivity index (χ4n) is 4.05. The predicted octanol–water partition coefficient (Wildman–Crippen LogP) is 2.82. The number of rotatable bonds is 6. The van der Waals surface area contributed by atoms with Crippen molar-refractivity contribution >= 4 is 0 Å². The maximum absolute atomic E-state index is 10.4. The van der Waals surface area contributed by atoms with Gasteiger partial charge in [-0.1, -0.05) is 91.0 Å². The molecule has 1 fully saturated rings. The first kappa shape index (κ1) is 20.7. The second-order valence-electron chi connectivity index (χ2n) is 7.51. The minimum atomic E-state index is -1.14. The van der Waals surface area contributed by atoms with Crippen LogP contribution in [0.5, 0.6) is 0 Å². The summed E-state index contributed by atoms with van der Waals surface area (Å²) in [5.41, 5.74) is 1.82. The van der Waals surface area contributed by atoms with E-state index < -0.39 is 30.2 Å². The van der Waals surface area contributed by atoms with Gasteiger partial charge < -0.3 is 24.8 Å². The van der Waals surface area contributed by atoms with Crippen molar-refractivity contribution in [3.05, 3.63) is 108 Å². The van der Waals surface area contributed by atoms with Crippen molar-refractivity contribution in [1.82, 2.24) is 0 Å². The molecule has 5 heteroatoms. The van der Waals surface area contributed by atoms with Gasteiger partial charge >= 0.3 is 0 Å². The molecule has 3 N–H and O–H groups in total. The molecule has 5 nitrogen and oxygen atoms in total. The molecule has 3 aromatic rings. The van der Waals surface area contributed by atoms with Crippen molar-refractivity contribution in [3.8, 4) is 0 Å². The molecule has 0 aromatic heterocycles. The highest BCUT2D eigenvalue weighted by Gasteiger charge is 2.41. The zero-order valence-corrected chi connectivity index (χ0v) is 16.5. The monoisotopic (exact) mass is 406 g/mol. The van der Waals surface area contributed by atoms with Crippen LogP contribution >= 0.6 is 0 Å². The van der Waals surface area contributed by atoms with Crippen molar-refractivity contribution in [2.75, 3.05) is 6.61 Å². The van der Waals surface area contributed by atoms with Crippen molar-refractivity contribution in [2.24, 2.45) is 0 Å². The fraction of sp³-hybridized carbons (Fsp3) is 0.280. The van der Waals surface area contributed by atoms with Gasteiger partial charge in [0.15, 0.2) is 6.29 Å². The second-order valence-corrected chi connectivity index (χ2v) is 7.51. The van der Waals surface area contributed by atoms with Crippen LogP contribution in [0.2, 0.25) is 0 Å². The molecule has 156 valence electrons. The maximum atomic E-state index is 10.4. The van der Waals surface area contributed by atoms with E-state index in [-0.39, 0.29) is 13.0 Å². The number of aliphatic hydroxyl groups is 3. The van der Waals surface area contributed by atoms with Gasteiger partial charge in [-0.05, 0) is 16.7 Å². The first-order valence-corrected chi connectivity index (χ1v) is 10.1. The summed E-state index contributed by atoms with van der Waals surface area (Å²) in [5.74, 6) is 0. The summed E-state index contributed by atoms with van der Waals surface area (Å²) in [4.78, 5) is 0. The van der Waals surface area contributed by atoms with Crippen LogP contribution in [0.15, 0.2) is 91.0 Å². The molecule has 0 bridgehead atoms. The summed E-state index contributed by atoms with van der Waals surface area (Å²) in [6.07, 6.45) is -4.25.